The van der Waals surface area contributed by atoms with Crippen molar-refractivity contribution in [1.29, 1.82) is 0 Å². The molecule has 1 aromatic carbocycles. The van der Waals surface area contributed by atoms with Crippen molar-refractivity contribution in [2.75, 3.05) is 13.1 Å². The van der Waals surface area contributed by atoms with Gasteiger partial charge in [0.1, 0.15) is 24.2 Å². The lowest BCUT2D eigenvalue weighted by atomic mass is 10.0. The molecule has 16 nitrogen and oxygen atoms in total. The van der Waals surface area contributed by atoms with Gasteiger partial charge in [0.2, 0.25) is 35.4 Å². The van der Waals surface area contributed by atoms with E-state index in [1.165, 1.54) is 13.8 Å². The van der Waals surface area contributed by atoms with E-state index in [1.807, 2.05) is 44.2 Å². The summed E-state index contributed by atoms with van der Waals surface area (Å²) < 4.78 is 0. The zero-order valence-electron chi connectivity index (χ0n) is 27.7. The Morgan fingerprint density at radius 1 is 0.723 bits per heavy atom. The van der Waals surface area contributed by atoms with Crippen LogP contribution < -0.4 is 49.5 Å². The SMILES string of the molecule is CC(C)CC(NC(=O)C(N)Cc1ccccc1)C(=O)NC(CCC(N)=O)C(=O)NC(C)C(=O)NC(C)C(=O)NCCCCN=C(N)N. The van der Waals surface area contributed by atoms with Crippen molar-refractivity contribution in [3.63, 3.8) is 0 Å². The Hall–Kier alpha value is -4.73. The van der Waals surface area contributed by atoms with Crippen molar-refractivity contribution in [2.45, 2.75) is 96.4 Å². The number of nitrogens with zero attached hydrogens (tertiary/aromatic N) is 1. The summed E-state index contributed by atoms with van der Waals surface area (Å²) in [6, 6.07) is 3.97. The number of benzene rings is 1. The van der Waals surface area contributed by atoms with Gasteiger partial charge >= 0.3 is 0 Å². The standard InChI is InChI=1S/C31H52N10O6/c1-18(2)16-24(41-28(45)22(32)17-21-10-6-5-7-11-21)30(47)40-23(12-13-25(33)42)29(46)39-20(4)27(44)38-19(3)26(43)36-14-8-9-15-37-31(34)35/h5-7,10-11,18-20,22-24H,8-9,12-17,32H2,1-4H3,(H2,33,42)(H,36,43)(H,38,44)(H,39,46)(H,40,47)(H,41,45)(H4,34,35,37). The van der Waals surface area contributed by atoms with Crippen LogP contribution in [0, 0.1) is 5.92 Å². The van der Waals surface area contributed by atoms with Gasteiger partial charge in [-0.05, 0) is 57.4 Å². The highest BCUT2D eigenvalue weighted by Gasteiger charge is 2.30. The van der Waals surface area contributed by atoms with Gasteiger partial charge < -0.3 is 49.5 Å². The van der Waals surface area contributed by atoms with Crippen LogP contribution in [0.25, 0.3) is 0 Å². The minimum absolute atomic E-state index is 0.00711. The monoisotopic (exact) mass is 660 g/mol. The zero-order chi connectivity index (χ0) is 35.5. The third-order valence-corrected chi connectivity index (χ3v) is 6.97. The van der Waals surface area contributed by atoms with Crippen LogP contribution in [0.15, 0.2) is 35.3 Å². The molecule has 47 heavy (non-hydrogen) atoms. The van der Waals surface area contributed by atoms with Crippen molar-refractivity contribution >= 4 is 41.4 Å². The van der Waals surface area contributed by atoms with Gasteiger partial charge in [-0.15, -0.1) is 0 Å². The molecule has 0 aliphatic carbocycles. The molecule has 0 aliphatic heterocycles. The average Bonchev–Trinajstić information content (AvgIpc) is 2.99. The quantitative estimate of drug-likeness (QED) is 0.0401. The van der Waals surface area contributed by atoms with Gasteiger partial charge in [0.25, 0.3) is 0 Å². The van der Waals surface area contributed by atoms with Gasteiger partial charge in [0.05, 0.1) is 6.04 Å². The van der Waals surface area contributed by atoms with Crippen molar-refractivity contribution in [3.8, 4) is 0 Å². The van der Waals surface area contributed by atoms with Gasteiger partial charge in [0.15, 0.2) is 5.96 Å². The van der Waals surface area contributed by atoms with E-state index in [4.69, 9.17) is 22.9 Å². The fourth-order valence-electron chi connectivity index (χ4n) is 4.36. The highest BCUT2D eigenvalue weighted by Crippen LogP contribution is 2.09. The van der Waals surface area contributed by atoms with Gasteiger partial charge in [-0.25, -0.2) is 0 Å². The van der Waals surface area contributed by atoms with Crippen LogP contribution in [0.3, 0.4) is 0 Å². The first-order valence-electron chi connectivity index (χ1n) is 15.7. The molecule has 6 amide bonds. The number of unbranched alkanes of at least 4 members (excludes halogenated alkanes) is 1. The second-order valence-electron chi connectivity index (χ2n) is 11.8. The molecule has 5 unspecified atom stereocenters. The predicted octanol–water partition coefficient (Wildman–Crippen LogP) is -1.98. The van der Waals surface area contributed by atoms with Crippen LogP contribution in [-0.2, 0) is 35.2 Å². The number of carbonyl (C=O) groups excluding carboxylic acids is 6. The summed E-state index contributed by atoms with van der Waals surface area (Å²) in [4.78, 5) is 80.0. The van der Waals surface area contributed by atoms with Crippen LogP contribution in [0.2, 0.25) is 0 Å². The number of aliphatic imine (C=N–C) groups is 1. The molecule has 16 heteroatoms. The summed E-state index contributed by atoms with van der Waals surface area (Å²) >= 11 is 0. The Kier molecular flexibility index (Phi) is 18.1. The lowest BCUT2D eigenvalue weighted by Crippen LogP contribution is -2.58. The molecular weight excluding hydrogens is 608 g/mol. The first-order valence-corrected chi connectivity index (χ1v) is 15.7. The lowest BCUT2D eigenvalue weighted by molar-refractivity contribution is -0.134. The molecule has 0 saturated heterocycles. The van der Waals surface area contributed by atoms with Crippen molar-refractivity contribution in [3.05, 3.63) is 35.9 Å². The fourth-order valence-corrected chi connectivity index (χ4v) is 4.36. The molecule has 0 aromatic heterocycles. The number of hydrogen-bond acceptors (Lipinski definition) is 8. The minimum Gasteiger partial charge on any atom is -0.370 e. The van der Waals surface area contributed by atoms with Gasteiger partial charge in [0, 0.05) is 19.5 Å². The Morgan fingerprint density at radius 2 is 1.30 bits per heavy atom. The van der Waals surface area contributed by atoms with Gasteiger partial charge in [-0.3, -0.25) is 33.8 Å². The molecule has 0 spiro atoms. The lowest BCUT2D eigenvalue weighted by Gasteiger charge is -2.26. The van der Waals surface area contributed by atoms with E-state index in [-0.39, 0.29) is 37.6 Å². The third kappa shape index (κ3) is 17.0. The Balaban J connectivity index is 2.82. The molecule has 1 rings (SSSR count). The number of nitrogens with one attached hydrogen (secondary N) is 5. The van der Waals surface area contributed by atoms with Crippen molar-refractivity contribution < 1.29 is 28.8 Å². The summed E-state index contributed by atoms with van der Waals surface area (Å²) in [7, 11) is 0. The summed E-state index contributed by atoms with van der Waals surface area (Å²) in [5, 5.41) is 13.0. The first-order chi connectivity index (χ1) is 22.1. The minimum atomic E-state index is -1.26. The number of rotatable bonds is 21. The Morgan fingerprint density at radius 3 is 1.89 bits per heavy atom. The van der Waals surface area contributed by atoms with Crippen molar-refractivity contribution in [1.82, 2.24) is 26.6 Å². The highest BCUT2D eigenvalue weighted by atomic mass is 16.2. The molecule has 0 fully saturated rings. The number of guanidine groups is 1. The smallest absolute Gasteiger partial charge is 0.243 e. The van der Waals surface area contributed by atoms with Crippen molar-refractivity contribution in [2.24, 2.45) is 33.8 Å². The maximum Gasteiger partial charge on any atom is 0.243 e. The molecule has 0 aliphatic rings. The highest BCUT2D eigenvalue weighted by molar-refractivity contribution is 5.96. The molecular formula is C31H52N10O6. The largest absolute Gasteiger partial charge is 0.370 e. The second kappa shape index (κ2) is 21.1. The van der Waals surface area contributed by atoms with E-state index >= 15 is 0 Å². The maximum atomic E-state index is 13.4. The maximum absolute atomic E-state index is 13.4. The topological polar surface area (TPSA) is 279 Å². The third-order valence-electron chi connectivity index (χ3n) is 6.97. The molecule has 262 valence electrons. The van der Waals surface area contributed by atoms with E-state index in [1.54, 1.807) is 0 Å². The fraction of sp³-hybridized carbons (Fsp3) is 0.581. The Bertz CT molecular complexity index is 1220. The summed E-state index contributed by atoms with van der Waals surface area (Å²) in [6.07, 6.45) is 1.39. The molecule has 1 aromatic rings. The van der Waals surface area contributed by atoms with E-state index in [0.717, 1.165) is 5.56 Å². The zero-order valence-corrected chi connectivity index (χ0v) is 27.7. The predicted molar refractivity (Wildman–Crippen MR) is 178 cm³/mol. The second-order valence-corrected chi connectivity index (χ2v) is 11.8. The molecule has 5 atom stereocenters. The molecule has 0 radical (unpaired) electrons. The van der Waals surface area contributed by atoms with Crippen LogP contribution in [0.5, 0.6) is 0 Å². The summed E-state index contributed by atoms with van der Waals surface area (Å²) in [5.41, 5.74) is 22.8. The normalized spacial score (nSPS) is 14.0. The van der Waals surface area contributed by atoms with Crippen LogP contribution in [0.1, 0.15) is 65.4 Å². The van der Waals surface area contributed by atoms with E-state index < -0.39 is 65.7 Å². The first kappa shape index (κ1) is 40.3. The summed E-state index contributed by atoms with van der Waals surface area (Å²) in [5.74, 6) is -3.74. The number of hydrogen-bond donors (Lipinski definition) is 9. The molecule has 0 bridgehead atoms. The molecule has 0 saturated carbocycles. The average molecular weight is 661 g/mol. The number of nitrogens with two attached hydrogens (primary N) is 4. The van der Waals surface area contributed by atoms with E-state index in [0.29, 0.717) is 25.9 Å². The van der Waals surface area contributed by atoms with Crippen LogP contribution in [-0.4, -0.2) is 84.7 Å². The van der Waals surface area contributed by atoms with Crippen LogP contribution in [0.4, 0.5) is 0 Å². The van der Waals surface area contributed by atoms with Crippen LogP contribution >= 0.6 is 0 Å². The van der Waals surface area contributed by atoms with E-state index in [9.17, 15) is 28.8 Å². The van der Waals surface area contributed by atoms with E-state index in [2.05, 4.69) is 31.6 Å². The molecule has 13 N–H and O–H groups in total. The number of primary amides is 1. The van der Waals surface area contributed by atoms with Gasteiger partial charge in [-0.2, -0.15) is 0 Å². The van der Waals surface area contributed by atoms with Gasteiger partial charge in [-0.1, -0.05) is 44.2 Å². The Labute approximate surface area is 276 Å². The number of amides is 6. The summed E-state index contributed by atoms with van der Waals surface area (Å²) in [6.45, 7) is 7.41. The number of carbonyl (C=O) groups is 6. The molecule has 0 heterocycles.